The van der Waals surface area contributed by atoms with E-state index in [0.717, 1.165) is 80.6 Å². The van der Waals surface area contributed by atoms with Gasteiger partial charge in [0.1, 0.15) is 5.75 Å². The molecule has 0 fully saturated rings. The molecule has 42 heavy (non-hydrogen) atoms. The number of benzene rings is 3. The van der Waals surface area contributed by atoms with Gasteiger partial charge in [0.05, 0.1) is 35.5 Å². The molecule has 0 aliphatic heterocycles. The molecule has 0 aliphatic carbocycles. The zero-order valence-corrected chi connectivity index (χ0v) is 26.2. The van der Waals surface area contributed by atoms with Crippen LogP contribution in [0.3, 0.4) is 0 Å². The van der Waals surface area contributed by atoms with Crippen LogP contribution in [0.1, 0.15) is 47.9 Å². The fraction of sp³-hybridized carbons (Fsp3) is 0.486. The third kappa shape index (κ3) is 10.1. The predicted molar refractivity (Wildman–Crippen MR) is 171 cm³/mol. The Bertz CT molecular complexity index is 1200. The Balaban J connectivity index is 1.34. The second-order valence-electron chi connectivity index (χ2n) is 10.4. The molecule has 3 aromatic carbocycles. The highest BCUT2D eigenvalue weighted by Gasteiger charge is 2.15. The summed E-state index contributed by atoms with van der Waals surface area (Å²) in [5, 5.41) is 7.20. The first-order valence-electron chi connectivity index (χ1n) is 15.1. The molecule has 0 saturated carbocycles. The van der Waals surface area contributed by atoms with E-state index >= 15 is 0 Å². The third-order valence-corrected chi connectivity index (χ3v) is 7.63. The minimum atomic E-state index is 0.782. The summed E-state index contributed by atoms with van der Waals surface area (Å²) < 4.78 is 27.7. The number of hydrogen-bond donors (Lipinski definition) is 2. The molecular weight excluding hydrogens is 528 g/mol. The van der Waals surface area contributed by atoms with Crippen LogP contribution < -0.4 is 34.3 Å². The molecule has 0 atom stereocenters. The van der Waals surface area contributed by atoms with Crippen molar-refractivity contribution < 1.29 is 23.7 Å². The lowest BCUT2D eigenvalue weighted by atomic mass is 9.96. The van der Waals surface area contributed by atoms with Crippen LogP contribution in [0.4, 0.5) is 0 Å². The van der Waals surface area contributed by atoms with Gasteiger partial charge < -0.3 is 34.3 Å². The lowest BCUT2D eigenvalue weighted by Gasteiger charge is -2.17. The molecule has 3 aromatic rings. The van der Waals surface area contributed by atoms with Gasteiger partial charge in [-0.15, -0.1) is 0 Å². The smallest absolute Gasteiger partial charge is 0.164 e. The molecule has 0 spiro atoms. The van der Waals surface area contributed by atoms with Crippen molar-refractivity contribution >= 4 is 0 Å². The van der Waals surface area contributed by atoms with Gasteiger partial charge in [0, 0.05) is 5.56 Å². The first-order valence-corrected chi connectivity index (χ1v) is 15.1. The van der Waals surface area contributed by atoms with E-state index in [4.69, 9.17) is 23.7 Å². The molecule has 0 bridgehead atoms. The summed E-state index contributed by atoms with van der Waals surface area (Å²) in [6.07, 6.45) is 8.52. The Morgan fingerprint density at radius 3 is 1.79 bits per heavy atom. The quantitative estimate of drug-likeness (QED) is 0.149. The number of nitrogens with one attached hydrogen (secondary N) is 2. The summed E-state index contributed by atoms with van der Waals surface area (Å²) in [5.74, 6) is 4.14. The minimum absolute atomic E-state index is 0.782. The van der Waals surface area contributed by atoms with Gasteiger partial charge in [-0.05, 0) is 106 Å². The Labute approximate surface area is 252 Å². The molecule has 3 rings (SSSR count). The molecule has 230 valence electrons. The van der Waals surface area contributed by atoms with Crippen molar-refractivity contribution in [3.63, 3.8) is 0 Å². The molecule has 0 aromatic heterocycles. The molecule has 0 radical (unpaired) electrons. The lowest BCUT2D eigenvalue weighted by molar-refractivity contribution is 0.351. The van der Waals surface area contributed by atoms with Crippen LogP contribution in [0.15, 0.2) is 54.6 Å². The molecule has 0 unspecified atom stereocenters. The highest BCUT2D eigenvalue weighted by atomic mass is 16.5. The zero-order valence-electron chi connectivity index (χ0n) is 26.2. The molecule has 0 amide bonds. The molecule has 0 aliphatic rings. The first kappa shape index (κ1) is 33.1. The number of hydrogen-bond acceptors (Lipinski definition) is 7. The topological polar surface area (TPSA) is 70.2 Å². The van der Waals surface area contributed by atoms with E-state index < -0.39 is 0 Å². The van der Waals surface area contributed by atoms with Gasteiger partial charge >= 0.3 is 0 Å². The summed E-state index contributed by atoms with van der Waals surface area (Å²) in [5.41, 5.74) is 4.95. The molecule has 0 heterocycles. The largest absolute Gasteiger partial charge is 0.497 e. The average Bonchev–Trinajstić information content (AvgIpc) is 3.03. The second kappa shape index (κ2) is 18.9. The molecule has 2 N–H and O–H groups in total. The number of unbranched alkanes of at least 4 members (excludes halogenated alkanes) is 3. The highest BCUT2D eigenvalue weighted by Crippen LogP contribution is 2.35. The first-order chi connectivity index (χ1) is 20.6. The zero-order chi connectivity index (χ0) is 30.0. The monoisotopic (exact) mass is 578 g/mol. The van der Waals surface area contributed by atoms with Gasteiger partial charge in [0.25, 0.3) is 0 Å². The highest BCUT2D eigenvalue weighted by molar-refractivity contribution is 5.51. The standard InChI is InChI=1S/C35H50N2O5/c1-38-30-14-10-12-27(26-30)16-18-31-28(17-19-33(40-3)35(31)42-5)20-24-36-22-8-6-7-9-23-37-25-21-29-13-11-15-32(39-2)34(29)41-4/h10-15,17,19,26,36-37H,6-9,16,18,20-25H2,1-5H3. The van der Waals surface area contributed by atoms with E-state index in [1.54, 1.807) is 35.5 Å². The lowest BCUT2D eigenvalue weighted by Crippen LogP contribution is -2.20. The van der Waals surface area contributed by atoms with E-state index in [2.05, 4.69) is 34.9 Å². The Kier molecular flexibility index (Phi) is 14.9. The summed E-state index contributed by atoms with van der Waals surface area (Å²) in [4.78, 5) is 0. The maximum Gasteiger partial charge on any atom is 0.164 e. The molecular formula is C35H50N2O5. The van der Waals surface area contributed by atoms with Crippen LogP contribution in [-0.2, 0) is 25.7 Å². The molecule has 7 nitrogen and oxygen atoms in total. The van der Waals surface area contributed by atoms with Crippen molar-refractivity contribution in [3.8, 4) is 28.7 Å². The third-order valence-electron chi connectivity index (χ3n) is 7.63. The van der Waals surface area contributed by atoms with Crippen LogP contribution >= 0.6 is 0 Å². The van der Waals surface area contributed by atoms with Gasteiger partial charge in [-0.2, -0.15) is 0 Å². The van der Waals surface area contributed by atoms with E-state index in [0.29, 0.717) is 0 Å². The van der Waals surface area contributed by atoms with Crippen molar-refractivity contribution in [2.24, 2.45) is 0 Å². The number of ether oxygens (including phenoxy) is 5. The SMILES string of the molecule is COc1cccc(CCc2c(CCNCCCCCCNCCc3cccc(OC)c3OC)ccc(OC)c2OC)c1. The number of rotatable bonds is 21. The van der Waals surface area contributed by atoms with E-state index in [-0.39, 0.29) is 0 Å². The summed E-state index contributed by atoms with van der Waals surface area (Å²) >= 11 is 0. The van der Waals surface area contributed by atoms with Crippen LogP contribution in [0, 0.1) is 0 Å². The van der Waals surface area contributed by atoms with Gasteiger partial charge in [-0.3, -0.25) is 0 Å². The van der Waals surface area contributed by atoms with Crippen LogP contribution in [-0.4, -0.2) is 61.7 Å². The van der Waals surface area contributed by atoms with Gasteiger partial charge in [-0.25, -0.2) is 0 Å². The van der Waals surface area contributed by atoms with Crippen molar-refractivity contribution in [3.05, 3.63) is 76.9 Å². The normalized spacial score (nSPS) is 10.9. The number of methoxy groups -OCH3 is 5. The summed E-state index contributed by atoms with van der Waals surface area (Å²) in [6, 6.07) is 18.5. The second-order valence-corrected chi connectivity index (χ2v) is 10.4. The maximum atomic E-state index is 5.80. The van der Waals surface area contributed by atoms with Crippen molar-refractivity contribution in [2.45, 2.75) is 51.4 Å². The predicted octanol–water partition coefficient (Wildman–Crippen LogP) is 6.04. The van der Waals surface area contributed by atoms with Gasteiger partial charge in [0.2, 0.25) is 0 Å². The fourth-order valence-corrected chi connectivity index (χ4v) is 5.34. The van der Waals surface area contributed by atoms with E-state index in [1.807, 2.05) is 30.3 Å². The fourth-order valence-electron chi connectivity index (χ4n) is 5.34. The Morgan fingerprint density at radius 2 is 1.14 bits per heavy atom. The number of para-hydroxylation sites is 1. The van der Waals surface area contributed by atoms with Crippen LogP contribution in [0.5, 0.6) is 28.7 Å². The van der Waals surface area contributed by atoms with Gasteiger partial charge in [0.15, 0.2) is 23.0 Å². The van der Waals surface area contributed by atoms with Crippen molar-refractivity contribution in [2.75, 3.05) is 61.7 Å². The Morgan fingerprint density at radius 1 is 0.500 bits per heavy atom. The minimum Gasteiger partial charge on any atom is -0.497 e. The van der Waals surface area contributed by atoms with E-state index in [1.165, 1.54) is 47.9 Å². The van der Waals surface area contributed by atoms with Gasteiger partial charge in [-0.1, -0.05) is 43.2 Å². The summed E-state index contributed by atoms with van der Waals surface area (Å²) in [6.45, 7) is 3.95. The van der Waals surface area contributed by atoms with Crippen LogP contribution in [0.25, 0.3) is 0 Å². The van der Waals surface area contributed by atoms with E-state index in [9.17, 15) is 0 Å². The average molecular weight is 579 g/mol. The molecule has 0 saturated heterocycles. The van der Waals surface area contributed by atoms with Crippen LogP contribution in [0.2, 0.25) is 0 Å². The summed E-state index contributed by atoms with van der Waals surface area (Å²) in [7, 11) is 8.50. The van der Waals surface area contributed by atoms with Crippen molar-refractivity contribution in [1.29, 1.82) is 0 Å². The maximum absolute atomic E-state index is 5.80. The Hall–Kier alpha value is -3.42. The number of aryl methyl sites for hydroxylation is 1. The van der Waals surface area contributed by atoms with Crippen molar-refractivity contribution in [1.82, 2.24) is 10.6 Å². The molecule has 7 heteroatoms.